The monoisotopic (exact) mass is 275 g/mol. The van der Waals surface area contributed by atoms with Gasteiger partial charge in [-0.3, -0.25) is 0 Å². The molecule has 0 fully saturated rings. The van der Waals surface area contributed by atoms with E-state index in [9.17, 15) is 5.11 Å². The fraction of sp³-hybridized carbons (Fsp3) is 0.250. The summed E-state index contributed by atoms with van der Waals surface area (Å²) >= 11 is 5.87. The fourth-order valence-corrected chi connectivity index (χ4v) is 2.19. The quantitative estimate of drug-likeness (QED) is 0.871. The van der Waals surface area contributed by atoms with Crippen LogP contribution in [-0.2, 0) is 6.42 Å². The average Bonchev–Trinajstić information content (AvgIpc) is 2.42. The fourth-order valence-electron chi connectivity index (χ4n) is 2.07. The SMILES string of the molecule is CC(CO)(Cc1ccccc1)Nc1ccc(Cl)cc1. The van der Waals surface area contributed by atoms with E-state index in [1.165, 1.54) is 5.56 Å². The van der Waals surface area contributed by atoms with Gasteiger partial charge in [-0.15, -0.1) is 0 Å². The summed E-state index contributed by atoms with van der Waals surface area (Å²) in [5.74, 6) is 0. The average molecular weight is 276 g/mol. The minimum atomic E-state index is -0.394. The van der Waals surface area contributed by atoms with Crippen molar-refractivity contribution in [3.8, 4) is 0 Å². The molecule has 0 spiro atoms. The minimum absolute atomic E-state index is 0.0600. The van der Waals surface area contributed by atoms with Crippen LogP contribution in [0.2, 0.25) is 5.02 Å². The second-order valence-electron chi connectivity index (χ2n) is 5.01. The maximum Gasteiger partial charge on any atom is 0.0662 e. The van der Waals surface area contributed by atoms with E-state index in [4.69, 9.17) is 11.6 Å². The molecule has 2 rings (SSSR count). The van der Waals surface area contributed by atoms with Crippen molar-refractivity contribution < 1.29 is 5.11 Å². The molecule has 1 atom stereocenters. The number of anilines is 1. The van der Waals surface area contributed by atoms with Gasteiger partial charge in [0, 0.05) is 10.7 Å². The van der Waals surface area contributed by atoms with Crippen LogP contribution in [0.25, 0.3) is 0 Å². The van der Waals surface area contributed by atoms with Gasteiger partial charge in [0.15, 0.2) is 0 Å². The van der Waals surface area contributed by atoms with Crippen molar-refractivity contribution in [2.75, 3.05) is 11.9 Å². The lowest BCUT2D eigenvalue weighted by Crippen LogP contribution is -2.41. The highest BCUT2D eigenvalue weighted by atomic mass is 35.5. The molecule has 1 unspecified atom stereocenters. The highest BCUT2D eigenvalue weighted by Gasteiger charge is 2.23. The summed E-state index contributed by atoms with van der Waals surface area (Å²) in [5, 5.41) is 13.8. The number of rotatable bonds is 5. The smallest absolute Gasteiger partial charge is 0.0662 e. The number of hydrogen-bond acceptors (Lipinski definition) is 2. The molecule has 0 radical (unpaired) electrons. The van der Waals surface area contributed by atoms with Crippen LogP contribution >= 0.6 is 11.6 Å². The van der Waals surface area contributed by atoms with Gasteiger partial charge < -0.3 is 10.4 Å². The van der Waals surface area contributed by atoms with E-state index in [0.29, 0.717) is 5.02 Å². The molecule has 19 heavy (non-hydrogen) atoms. The molecule has 0 saturated heterocycles. The molecule has 2 aromatic rings. The molecular formula is C16H18ClNO. The van der Waals surface area contributed by atoms with Crippen molar-refractivity contribution >= 4 is 17.3 Å². The third kappa shape index (κ3) is 3.98. The lowest BCUT2D eigenvalue weighted by molar-refractivity contribution is 0.222. The van der Waals surface area contributed by atoms with Gasteiger partial charge in [0.25, 0.3) is 0 Å². The van der Waals surface area contributed by atoms with Crippen LogP contribution in [-0.4, -0.2) is 17.3 Å². The second-order valence-corrected chi connectivity index (χ2v) is 5.45. The Labute approximate surface area is 119 Å². The first-order chi connectivity index (χ1) is 9.11. The molecule has 0 aliphatic heterocycles. The van der Waals surface area contributed by atoms with E-state index in [-0.39, 0.29) is 6.61 Å². The Morgan fingerprint density at radius 3 is 2.26 bits per heavy atom. The van der Waals surface area contributed by atoms with Crippen molar-refractivity contribution in [2.45, 2.75) is 18.9 Å². The molecule has 0 aliphatic rings. The summed E-state index contributed by atoms with van der Waals surface area (Å²) in [7, 11) is 0. The van der Waals surface area contributed by atoms with Crippen LogP contribution in [0.1, 0.15) is 12.5 Å². The van der Waals surface area contributed by atoms with E-state index in [1.54, 1.807) is 0 Å². The van der Waals surface area contributed by atoms with Crippen LogP contribution < -0.4 is 5.32 Å². The summed E-state index contributed by atoms with van der Waals surface area (Å²) in [6, 6.07) is 17.7. The van der Waals surface area contributed by atoms with E-state index < -0.39 is 5.54 Å². The number of aliphatic hydroxyl groups is 1. The first-order valence-corrected chi connectivity index (χ1v) is 6.68. The summed E-state index contributed by atoms with van der Waals surface area (Å²) in [6.45, 7) is 2.07. The van der Waals surface area contributed by atoms with Gasteiger partial charge in [-0.1, -0.05) is 41.9 Å². The summed E-state index contributed by atoms with van der Waals surface area (Å²) < 4.78 is 0. The third-order valence-corrected chi connectivity index (χ3v) is 3.33. The van der Waals surface area contributed by atoms with Crippen LogP contribution in [0.3, 0.4) is 0 Å². The summed E-state index contributed by atoms with van der Waals surface area (Å²) in [4.78, 5) is 0. The second kappa shape index (κ2) is 6.09. The number of nitrogens with one attached hydrogen (secondary N) is 1. The van der Waals surface area contributed by atoms with Crippen LogP contribution in [0.15, 0.2) is 54.6 Å². The molecule has 0 bridgehead atoms. The standard InChI is InChI=1S/C16H18ClNO/c1-16(12-19,11-13-5-3-2-4-6-13)18-15-9-7-14(17)8-10-15/h2-10,18-19H,11-12H2,1H3. The van der Waals surface area contributed by atoms with E-state index in [1.807, 2.05) is 49.4 Å². The molecule has 2 nitrogen and oxygen atoms in total. The number of hydrogen-bond donors (Lipinski definition) is 2. The van der Waals surface area contributed by atoms with Gasteiger partial charge in [-0.25, -0.2) is 0 Å². The Bertz CT molecular complexity index is 512. The number of benzene rings is 2. The van der Waals surface area contributed by atoms with E-state index in [2.05, 4.69) is 17.4 Å². The predicted octanol–water partition coefficient (Wildman–Crippen LogP) is 3.75. The molecule has 0 aromatic heterocycles. The molecule has 2 aromatic carbocycles. The Hall–Kier alpha value is -1.51. The van der Waals surface area contributed by atoms with Crippen molar-refractivity contribution in [3.63, 3.8) is 0 Å². The zero-order valence-corrected chi connectivity index (χ0v) is 11.7. The van der Waals surface area contributed by atoms with Gasteiger partial charge in [0.1, 0.15) is 0 Å². The topological polar surface area (TPSA) is 32.3 Å². The zero-order chi connectivity index (χ0) is 13.7. The Kier molecular flexibility index (Phi) is 4.46. The molecule has 0 heterocycles. The molecular weight excluding hydrogens is 258 g/mol. The van der Waals surface area contributed by atoms with Crippen LogP contribution in [0.4, 0.5) is 5.69 Å². The highest BCUT2D eigenvalue weighted by Crippen LogP contribution is 2.21. The van der Waals surface area contributed by atoms with E-state index >= 15 is 0 Å². The molecule has 3 heteroatoms. The lowest BCUT2D eigenvalue weighted by Gasteiger charge is -2.30. The predicted molar refractivity (Wildman–Crippen MR) is 80.7 cm³/mol. The minimum Gasteiger partial charge on any atom is -0.394 e. The Morgan fingerprint density at radius 2 is 1.68 bits per heavy atom. The van der Waals surface area contributed by atoms with Gasteiger partial charge >= 0.3 is 0 Å². The van der Waals surface area contributed by atoms with Crippen molar-refractivity contribution in [1.29, 1.82) is 0 Å². The third-order valence-electron chi connectivity index (χ3n) is 3.08. The molecule has 0 aliphatic carbocycles. The normalized spacial score (nSPS) is 13.8. The maximum atomic E-state index is 9.67. The lowest BCUT2D eigenvalue weighted by atomic mass is 9.93. The Morgan fingerprint density at radius 1 is 1.05 bits per heavy atom. The van der Waals surface area contributed by atoms with Crippen molar-refractivity contribution in [3.05, 3.63) is 65.2 Å². The van der Waals surface area contributed by atoms with Gasteiger partial charge in [-0.2, -0.15) is 0 Å². The maximum absolute atomic E-state index is 9.67. The van der Waals surface area contributed by atoms with Crippen molar-refractivity contribution in [1.82, 2.24) is 0 Å². The Balaban J connectivity index is 2.11. The molecule has 2 N–H and O–H groups in total. The molecule has 0 amide bonds. The number of halogens is 1. The summed E-state index contributed by atoms with van der Waals surface area (Å²) in [5.41, 5.74) is 1.76. The first-order valence-electron chi connectivity index (χ1n) is 6.30. The van der Waals surface area contributed by atoms with Crippen LogP contribution in [0.5, 0.6) is 0 Å². The van der Waals surface area contributed by atoms with Gasteiger partial charge in [0.2, 0.25) is 0 Å². The largest absolute Gasteiger partial charge is 0.394 e. The molecule has 0 saturated carbocycles. The van der Waals surface area contributed by atoms with Gasteiger partial charge in [0.05, 0.1) is 12.1 Å². The van der Waals surface area contributed by atoms with Gasteiger partial charge in [-0.05, 0) is 43.2 Å². The van der Waals surface area contributed by atoms with E-state index in [0.717, 1.165) is 12.1 Å². The summed E-state index contributed by atoms with van der Waals surface area (Å²) in [6.07, 6.45) is 0.757. The molecule has 100 valence electrons. The van der Waals surface area contributed by atoms with Crippen LogP contribution in [0, 0.1) is 0 Å². The number of aliphatic hydroxyl groups excluding tert-OH is 1. The van der Waals surface area contributed by atoms with Crippen molar-refractivity contribution in [2.24, 2.45) is 0 Å². The highest BCUT2D eigenvalue weighted by molar-refractivity contribution is 6.30. The first kappa shape index (κ1) is 13.9. The zero-order valence-electron chi connectivity index (χ0n) is 10.9.